The molecule has 0 bridgehead atoms. The van der Waals surface area contributed by atoms with Crippen molar-refractivity contribution in [2.24, 2.45) is 0 Å². The normalized spacial score (nSPS) is 16.3. The second-order valence-corrected chi connectivity index (χ2v) is 3.96. The Bertz CT molecular complexity index is 353. The Balaban J connectivity index is 1.97. The molecule has 1 heterocycles. The van der Waals surface area contributed by atoms with Crippen molar-refractivity contribution in [2.45, 2.75) is 6.42 Å². The minimum atomic E-state index is 0.179. The van der Waals surface area contributed by atoms with Crippen molar-refractivity contribution in [3.05, 3.63) is 36.2 Å². The Morgan fingerprint density at radius 1 is 1.38 bits per heavy atom. The Labute approximate surface area is 96.0 Å². The van der Waals surface area contributed by atoms with Gasteiger partial charge < -0.3 is 4.74 Å². The Morgan fingerprint density at radius 3 is 2.69 bits per heavy atom. The van der Waals surface area contributed by atoms with Crippen LogP contribution in [0.4, 0.5) is 0 Å². The van der Waals surface area contributed by atoms with Crippen molar-refractivity contribution in [3.63, 3.8) is 0 Å². The van der Waals surface area contributed by atoms with Crippen molar-refractivity contribution in [1.82, 2.24) is 4.90 Å². The smallest absolute Gasteiger partial charge is 0.176 e. The molecule has 85 valence electrons. The van der Waals surface area contributed by atoms with E-state index in [0.29, 0.717) is 6.54 Å². The van der Waals surface area contributed by atoms with Crippen molar-refractivity contribution in [2.75, 3.05) is 26.7 Å². The second kappa shape index (κ2) is 5.12. The van der Waals surface area contributed by atoms with Crippen molar-refractivity contribution in [3.8, 4) is 5.75 Å². The number of ether oxygens (including phenoxy) is 1. The Morgan fingerprint density at radius 2 is 2.12 bits per heavy atom. The summed E-state index contributed by atoms with van der Waals surface area (Å²) in [5.41, 5.74) is 0.757. The van der Waals surface area contributed by atoms with Crippen molar-refractivity contribution >= 4 is 5.78 Å². The lowest BCUT2D eigenvalue weighted by Gasteiger charge is -2.13. The SMILES string of the molecule is COc1ccc(C(=O)CN2C[CH]CC2)cc1. The summed E-state index contributed by atoms with van der Waals surface area (Å²) >= 11 is 0. The fourth-order valence-corrected chi connectivity index (χ4v) is 1.85. The van der Waals surface area contributed by atoms with E-state index in [4.69, 9.17) is 4.74 Å². The van der Waals surface area contributed by atoms with Gasteiger partial charge in [0.2, 0.25) is 0 Å². The third kappa shape index (κ3) is 2.61. The predicted molar refractivity (Wildman–Crippen MR) is 62.7 cm³/mol. The van der Waals surface area contributed by atoms with Crippen LogP contribution in [0.1, 0.15) is 16.8 Å². The molecule has 0 N–H and O–H groups in total. The van der Waals surface area contributed by atoms with Crippen molar-refractivity contribution < 1.29 is 9.53 Å². The molecule has 1 fully saturated rings. The van der Waals surface area contributed by atoms with E-state index in [1.54, 1.807) is 7.11 Å². The summed E-state index contributed by atoms with van der Waals surface area (Å²) in [6, 6.07) is 7.29. The lowest BCUT2D eigenvalue weighted by molar-refractivity contribution is 0.0946. The van der Waals surface area contributed by atoms with Crippen LogP contribution < -0.4 is 4.74 Å². The van der Waals surface area contributed by atoms with Gasteiger partial charge in [0.05, 0.1) is 13.7 Å². The van der Waals surface area contributed by atoms with Gasteiger partial charge in [-0.15, -0.1) is 0 Å². The second-order valence-electron chi connectivity index (χ2n) is 3.96. The van der Waals surface area contributed by atoms with Gasteiger partial charge >= 0.3 is 0 Å². The summed E-state index contributed by atoms with van der Waals surface area (Å²) in [6.45, 7) is 2.45. The van der Waals surface area contributed by atoms with Gasteiger partial charge in [0.15, 0.2) is 5.78 Å². The van der Waals surface area contributed by atoms with Gasteiger partial charge in [-0.3, -0.25) is 9.69 Å². The number of nitrogens with zero attached hydrogens (tertiary/aromatic N) is 1. The van der Waals surface area contributed by atoms with Crippen LogP contribution in [0.3, 0.4) is 0 Å². The van der Waals surface area contributed by atoms with E-state index in [2.05, 4.69) is 11.3 Å². The molecule has 1 aromatic rings. The fourth-order valence-electron chi connectivity index (χ4n) is 1.85. The monoisotopic (exact) mass is 218 g/mol. The Hall–Kier alpha value is -1.35. The largest absolute Gasteiger partial charge is 0.497 e. The first-order chi connectivity index (χ1) is 7.79. The number of carbonyl (C=O) groups excluding carboxylic acids is 1. The van der Waals surface area contributed by atoms with Crippen molar-refractivity contribution in [1.29, 1.82) is 0 Å². The minimum absolute atomic E-state index is 0.179. The molecule has 1 radical (unpaired) electrons. The van der Waals surface area contributed by atoms with E-state index in [0.717, 1.165) is 30.8 Å². The number of ketones is 1. The van der Waals surface area contributed by atoms with E-state index < -0.39 is 0 Å². The first-order valence-corrected chi connectivity index (χ1v) is 5.51. The summed E-state index contributed by atoms with van der Waals surface area (Å²) in [6.07, 6.45) is 3.30. The fraction of sp³-hybridized carbons (Fsp3) is 0.385. The molecule has 16 heavy (non-hydrogen) atoms. The van der Waals surface area contributed by atoms with E-state index >= 15 is 0 Å². The standard InChI is InChI=1S/C13H16NO2/c1-16-12-6-4-11(5-7-12)13(15)10-14-8-2-3-9-14/h2,4-7H,3,8-10H2,1H3. The van der Waals surface area contributed by atoms with E-state index in [1.807, 2.05) is 24.3 Å². The zero-order valence-corrected chi connectivity index (χ0v) is 9.48. The highest BCUT2D eigenvalue weighted by atomic mass is 16.5. The lowest BCUT2D eigenvalue weighted by Crippen LogP contribution is -2.26. The van der Waals surface area contributed by atoms with Gasteiger partial charge in [0.25, 0.3) is 0 Å². The summed E-state index contributed by atoms with van der Waals surface area (Å²) in [5.74, 6) is 0.962. The maximum Gasteiger partial charge on any atom is 0.176 e. The van der Waals surface area contributed by atoms with E-state index in [9.17, 15) is 4.79 Å². The Kier molecular flexibility index (Phi) is 3.57. The zero-order chi connectivity index (χ0) is 11.4. The maximum absolute atomic E-state index is 11.9. The number of hydrogen-bond donors (Lipinski definition) is 0. The number of Topliss-reactive ketones (excluding diaryl/α,β-unsaturated/α-hetero) is 1. The average molecular weight is 218 g/mol. The molecule has 0 atom stereocenters. The minimum Gasteiger partial charge on any atom is -0.497 e. The number of benzene rings is 1. The van der Waals surface area contributed by atoms with Crippen LogP contribution in [0, 0.1) is 6.42 Å². The van der Waals surface area contributed by atoms with Gasteiger partial charge in [-0.1, -0.05) is 0 Å². The molecule has 1 saturated heterocycles. The van der Waals surface area contributed by atoms with Gasteiger partial charge in [0, 0.05) is 12.1 Å². The molecule has 3 nitrogen and oxygen atoms in total. The van der Waals surface area contributed by atoms with Gasteiger partial charge in [0.1, 0.15) is 5.75 Å². The average Bonchev–Trinajstić information content (AvgIpc) is 2.82. The number of carbonyl (C=O) groups is 1. The topological polar surface area (TPSA) is 29.5 Å². The molecule has 0 aromatic heterocycles. The summed E-state index contributed by atoms with van der Waals surface area (Å²) in [7, 11) is 1.62. The summed E-state index contributed by atoms with van der Waals surface area (Å²) in [5, 5.41) is 0. The number of rotatable bonds is 4. The molecule has 1 aliphatic heterocycles. The van der Waals surface area contributed by atoms with Crippen LogP contribution in [0.2, 0.25) is 0 Å². The first-order valence-electron chi connectivity index (χ1n) is 5.51. The van der Waals surface area contributed by atoms with Crippen LogP contribution in [0.25, 0.3) is 0 Å². The molecule has 3 heteroatoms. The molecule has 1 aromatic carbocycles. The molecule has 0 amide bonds. The lowest BCUT2D eigenvalue weighted by atomic mass is 10.1. The van der Waals surface area contributed by atoms with Crippen LogP contribution in [0.15, 0.2) is 24.3 Å². The van der Waals surface area contributed by atoms with Crippen LogP contribution >= 0.6 is 0 Å². The highest BCUT2D eigenvalue weighted by Gasteiger charge is 2.16. The van der Waals surface area contributed by atoms with E-state index in [1.165, 1.54) is 0 Å². The molecule has 1 aliphatic rings. The number of likely N-dealkylation sites (tertiary alicyclic amines) is 1. The van der Waals surface area contributed by atoms with Crippen LogP contribution in [-0.4, -0.2) is 37.4 Å². The molecular weight excluding hydrogens is 202 g/mol. The third-order valence-electron chi connectivity index (χ3n) is 2.82. The molecular formula is C13H16NO2. The van der Waals surface area contributed by atoms with Gasteiger partial charge in [-0.2, -0.15) is 0 Å². The highest BCUT2D eigenvalue weighted by Crippen LogP contribution is 2.13. The number of hydrogen-bond acceptors (Lipinski definition) is 3. The highest BCUT2D eigenvalue weighted by molar-refractivity contribution is 5.97. The molecule has 2 rings (SSSR count). The summed E-state index contributed by atoms with van der Waals surface area (Å²) in [4.78, 5) is 14.1. The van der Waals surface area contributed by atoms with Gasteiger partial charge in [-0.25, -0.2) is 0 Å². The molecule has 0 spiro atoms. The molecule has 0 saturated carbocycles. The van der Waals surface area contributed by atoms with Gasteiger partial charge in [-0.05, 0) is 43.7 Å². The maximum atomic E-state index is 11.9. The van der Waals surface area contributed by atoms with Crippen LogP contribution in [-0.2, 0) is 0 Å². The predicted octanol–water partition coefficient (Wildman–Crippen LogP) is 1.79. The molecule has 0 unspecified atom stereocenters. The number of methoxy groups -OCH3 is 1. The third-order valence-corrected chi connectivity index (χ3v) is 2.82. The quantitative estimate of drug-likeness (QED) is 0.722. The zero-order valence-electron chi connectivity index (χ0n) is 9.48. The molecule has 0 aliphatic carbocycles. The summed E-state index contributed by atoms with van der Waals surface area (Å²) < 4.78 is 5.06. The first kappa shape index (κ1) is 11.1. The van der Waals surface area contributed by atoms with Crippen LogP contribution in [0.5, 0.6) is 5.75 Å². The van der Waals surface area contributed by atoms with E-state index in [-0.39, 0.29) is 5.78 Å².